The molecular formula is C17H17N3O4S. The lowest BCUT2D eigenvalue weighted by Gasteiger charge is -2.07. The van der Waals surface area contributed by atoms with E-state index < -0.39 is 10.8 Å². The molecular weight excluding hydrogens is 342 g/mol. The van der Waals surface area contributed by atoms with Gasteiger partial charge in [0.15, 0.2) is 0 Å². The fraction of sp³-hybridized carbons (Fsp3) is 0.176. The van der Waals surface area contributed by atoms with Gasteiger partial charge < -0.3 is 0 Å². The summed E-state index contributed by atoms with van der Waals surface area (Å²) >= 11 is 1.43. The number of thioether (sulfide) groups is 1. The van der Waals surface area contributed by atoms with E-state index in [-0.39, 0.29) is 22.9 Å². The lowest BCUT2D eigenvalue weighted by Crippen LogP contribution is -2.42. The molecule has 2 aromatic carbocycles. The molecule has 0 unspecified atom stereocenters. The molecule has 0 aromatic heterocycles. The number of hydrazine groups is 1. The monoisotopic (exact) mass is 359 g/mol. The van der Waals surface area contributed by atoms with Gasteiger partial charge in [-0.05, 0) is 24.6 Å². The Balaban J connectivity index is 1.72. The molecule has 0 aliphatic carbocycles. The number of aryl methyl sites for hydroxylation is 1. The predicted molar refractivity (Wildman–Crippen MR) is 96.0 cm³/mol. The second-order valence-electron chi connectivity index (χ2n) is 5.28. The van der Waals surface area contributed by atoms with E-state index in [4.69, 9.17) is 0 Å². The van der Waals surface area contributed by atoms with Crippen LogP contribution in [0.5, 0.6) is 0 Å². The highest BCUT2D eigenvalue weighted by Crippen LogP contribution is 2.13. The minimum atomic E-state index is -0.547. The smallest absolute Gasteiger partial charge is 0.269 e. The van der Waals surface area contributed by atoms with Crippen molar-refractivity contribution in [3.63, 3.8) is 0 Å². The number of hydrogen-bond acceptors (Lipinski definition) is 5. The van der Waals surface area contributed by atoms with Crippen molar-refractivity contribution >= 4 is 29.3 Å². The molecule has 7 nitrogen and oxygen atoms in total. The van der Waals surface area contributed by atoms with Crippen molar-refractivity contribution in [2.75, 3.05) is 5.75 Å². The Kier molecular flexibility index (Phi) is 6.53. The van der Waals surface area contributed by atoms with Gasteiger partial charge in [0.25, 0.3) is 11.6 Å². The van der Waals surface area contributed by atoms with Crippen LogP contribution in [0.3, 0.4) is 0 Å². The van der Waals surface area contributed by atoms with Crippen molar-refractivity contribution in [3.8, 4) is 0 Å². The SMILES string of the molecule is Cc1ccc(CSCC(=O)NNC(=O)c2ccc([N+](=O)[O-])cc2)cc1. The number of nitrogens with one attached hydrogen (secondary N) is 2. The van der Waals surface area contributed by atoms with Gasteiger partial charge in [-0.2, -0.15) is 0 Å². The number of amides is 2. The van der Waals surface area contributed by atoms with E-state index in [1.807, 2.05) is 31.2 Å². The Labute approximate surface area is 148 Å². The standard InChI is InChI=1S/C17H17N3O4S/c1-12-2-4-13(5-3-12)10-25-11-16(21)18-19-17(22)14-6-8-15(9-7-14)20(23)24/h2-9H,10-11H2,1H3,(H,18,21)(H,19,22). The van der Waals surface area contributed by atoms with Gasteiger partial charge in [-0.25, -0.2) is 0 Å². The van der Waals surface area contributed by atoms with Crippen molar-refractivity contribution in [2.24, 2.45) is 0 Å². The van der Waals surface area contributed by atoms with Crippen LogP contribution < -0.4 is 10.9 Å². The van der Waals surface area contributed by atoms with E-state index >= 15 is 0 Å². The summed E-state index contributed by atoms with van der Waals surface area (Å²) < 4.78 is 0. The zero-order valence-corrected chi connectivity index (χ0v) is 14.3. The van der Waals surface area contributed by atoms with Gasteiger partial charge in [0.1, 0.15) is 0 Å². The highest BCUT2D eigenvalue weighted by Gasteiger charge is 2.10. The van der Waals surface area contributed by atoms with Crippen molar-refractivity contribution in [2.45, 2.75) is 12.7 Å². The molecule has 0 aliphatic rings. The van der Waals surface area contributed by atoms with Crippen LogP contribution in [0.1, 0.15) is 21.5 Å². The number of non-ortho nitro benzene ring substituents is 1. The summed E-state index contributed by atoms with van der Waals surface area (Å²) in [5.74, 6) is 0.0393. The summed E-state index contributed by atoms with van der Waals surface area (Å²) in [6.45, 7) is 2.01. The van der Waals surface area contributed by atoms with Gasteiger partial charge in [-0.1, -0.05) is 29.8 Å². The zero-order chi connectivity index (χ0) is 18.2. The van der Waals surface area contributed by atoms with Crippen LogP contribution in [0, 0.1) is 17.0 Å². The number of hydrogen-bond donors (Lipinski definition) is 2. The average molecular weight is 359 g/mol. The predicted octanol–water partition coefficient (Wildman–Crippen LogP) is 2.60. The van der Waals surface area contributed by atoms with Crippen LogP contribution in [0.2, 0.25) is 0 Å². The second-order valence-corrected chi connectivity index (χ2v) is 6.27. The summed E-state index contributed by atoms with van der Waals surface area (Å²) in [5, 5.41) is 10.6. The first kappa shape index (κ1) is 18.5. The van der Waals surface area contributed by atoms with E-state index in [0.29, 0.717) is 5.75 Å². The van der Waals surface area contributed by atoms with Crippen LogP contribution in [-0.2, 0) is 10.5 Å². The highest BCUT2D eigenvalue weighted by atomic mass is 32.2. The van der Waals surface area contributed by atoms with Gasteiger partial charge in [0.2, 0.25) is 5.91 Å². The summed E-state index contributed by atoms with van der Waals surface area (Å²) in [5.41, 5.74) is 7.02. The molecule has 0 bridgehead atoms. The molecule has 2 rings (SSSR count). The van der Waals surface area contributed by atoms with E-state index in [0.717, 1.165) is 5.56 Å². The molecule has 2 N–H and O–H groups in total. The molecule has 2 amide bonds. The lowest BCUT2D eigenvalue weighted by molar-refractivity contribution is -0.384. The largest absolute Gasteiger partial charge is 0.272 e. The Morgan fingerprint density at radius 1 is 1.04 bits per heavy atom. The lowest BCUT2D eigenvalue weighted by atomic mass is 10.2. The molecule has 25 heavy (non-hydrogen) atoms. The number of nitro groups is 1. The number of carbonyl (C=O) groups is 2. The van der Waals surface area contributed by atoms with E-state index in [2.05, 4.69) is 10.9 Å². The first-order chi connectivity index (χ1) is 12.0. The van der Waals surface area contributed by atoms with Gasteiger partial charge in [-0.3, -0.25) is 30.6 Å². The molecule has 0 atom stereocenters. The summed E-state index contributed by atoms with van der Waals surface area (Å²) in [6.07, 6.45) is 0. The molecule has 8 heteroatoms. The minimum Gasteiger partial charge on any atom is -0.272 e. The van der Waals surface area contributed by atoms with Gasteiger partial charge in [-0.15, -0.1) is 11.8 Å². The number of benzene rings is 2. The number of carbonyl (C=O) groups excluding carboxylic acids is 2. The molecule has 0 aliphatic heterocycles. The normalized spacial score (nSPS) is 10.1. The maximum atomic E-state index is 11.9. The van der Waals surface area contributed by atoms with Gasteiger partial charge in [0.05, 0.1) is 10.7 Å². The third-order valence-electron chi connectivity index (χ3n) is 3.28. The van der Waals surface area contributed by atoms with Crippen LogP contribution in [0.4, 0.5) is 5.69 Å². The highest BCUT2D eigenvalue weighted by molar-refractivity contribution is 7.99. The summed E-state index contributed by atoms with van der Waals surface area (Å²) in [6, 6.07) is 13.2. The average Bonchev–Trinajstić information content (AvgIpc) is 2.61. The molecule has 0 saturated heterocycles. The maximum Gasteiger partial charge on any atom is 0.269 e. The molecule has 0 fully saturated rings. The molecule has 2 aromatic rings. The maximum absolute atomic E-state index is 11.9. The fourth-order valence-electron chi connectivity index (χ4n) is 1.92. The van der Waals surface area contributed by atoms with Crippen molar-refractivity contribution in [3.05, 3.63) is 75.3 Å². The van der Waals surface area contributed by atoms with Crippen LogP contribution in [0.25, 0.3) is 0 Å². The Morgan fingerprint density at radius 2 is 1.68 bits per heavy atom. The number of nitro benzene ring substituents is 1. The van der Waals surface area contributed by atoms with E-state index in [9.17, 15) is 19.7 Å². The zero-order valence-electron chi connectivity index (χ0n) is 13.5. The topological polar surface area (TPSA) is 101 Å². The van der Waals surface area contributed by atoms with E-state index in [1.54, 1.807) is 0 Å². The van der Waals surface area contributed by atoms with Crippen molar-refractivity contribution in [1.29, 1.82) is 0 Å². The van der Waals surface area contributed by atoms with Crippen molar-refractivity contribution in [1.82, 2.24) is 10.9 Å². The summed E-state index contributed by atoms with van der Waals surface area (Å²) in [7, 11) is 0. The molecule has 0 spiro atoms. The summed E-state index contributed by atoms with van der Waals surface area (Å²) in [4.78, 5) is 33.6. The molecule has 0 radical (unpaired) electrons. The Morgan fingerprint density at radius 3 is 2.28 bits per heavy atom. The Hall–Kier alpha value is -2.87. The third kappa shape index (κ3) is 5.92. The minimum absolute atomic E-state index is 0.104. The van der Waals surface area contributed by atoms with Gasteiger partial charge in [0, 0.05) is 23.4 Å². The van der Waals surface area contributed by atoms with E-state index in [1.165, 1.54) is 41.6 Å². The first-order valence-corrected chi connectivity index (χ1v) is 8.58. The fourth-order valence-corrected chi connectivity index (χ4v) is 2.70. The quantitative estimate of drug-likeness (QED) is 0.610. The van der Waals surface area contributed by atoms with Gasteiger partial charge >= 0.3 is 0 Å². The Bertz CT molecular complexity index is 760. The number of nitrogens with zero attached hydrogens (tertiary/aromatic N) is 1. The molecule has 0 saturated carbocycles. The first-order valence-electron chi connectivity index (χ1n) is 7.42. The van der Waals surface area contributed by atoms with Crippen LogP contribution in [0.15, 0.2) is 48.5 Å². The van der Waals surface area contributed by atoms with Crippen LogP contribution >= 0.6 is 11.8 Å². The molecule has 0 heterocycles. The second kappa shape index (κ2) is 8.84. The van der Waals surface area contributed by atoms with Crippen LogP contribution in [-0.4, -0.2) is 22.5 Å². The third-order valence-corrected chi connectivity index (χ3v) is 4.28. The molecule has 130 valence electrons. The number of rotatable bonds is 6. The van der Waals surface area contributed by atoms with Crippen molar-refractivity contribution < 1.29 is 14.5 Å².